The third-order valence-electron chi connectivity index (χ3n) is 9.24. The minimum Gasteiger partial charge on any atom is -0.322 e. The van der Waals surface area contributed by atoms with Crippen LogP contribution in [0.25, 0.3) is 0 Å². The molecule has 220 valence electrons. The quantitative estimate of drug-likeness (QED) is 0.234. The summed E-state index contributed by atoms with van der Waals surface area (Å²) in [4.78, 5) is 47.3. The van der Waals surface area contributed by atoms with E-state index < -0.39 is 6.04 Å². The molecule has 1 N–H and O–H groups in total. The van der Waals surface area contributed by atoms with Crippen molar-refractivity contribution in [3.05, 3.63) is 29.3 Å². The second kappa shape index (κ2) is 14.3. The van der Waals surface area contributed by atoms with Gasteiger partial charge in [-0.05, 0) is 88.3 Å². The van der Waals surface area contributed by atoms with Gasteiger partial charge in [-0.3, -0.25) is 24.6 Å². The number of hydrogen-bond donors (Lipinski definition) is 1. The molecule has 3 fully saturated rings. The summed E-state index contributed by atoms with van der Waals surface area (Å²) in [5.41, 5.74) is 1.68. The van der Waals surface area contributed by atoms with E-state index in [1.165, 1.54) is 102 Å². The number of piperazine rings is 1. The number of hydrogen-bond acceptors (Lipinski definition) is 7. The van der Waals surface area contributed by atoms with Crippen LogP contribution in [-0.2, 0) is 16.1 Å². The van der Waals surface area contributed by atoms with Crippen LogP contribution < -0.4 is 5.32 Å². The molecule has 0 bridgehead atoms. The highest BCUT2D eigenvalue weighted by atomic mass is 32.2. The van der Waals surface area contributed by atoms with E-state index in [2.05, 4.69) is 33.1 Å². The third-order valence-corrected chi connectivity index (χ3v) is 10.3. The zero-order valence-electron chi connectivity index (χ0n) is 24.2. The number of carbonyl (C=O) groups excluding carboxylic acids is 3. The topological polar surface area (TPSA) is 76.2 Å². The molecule has 40 heavy (non-hydrogen) atoms. The van der Waals surface area contributed by atoms with Gasteiger partial charge in [0, 0.05) is 55.6 Å². The molecular weight excluding hydrogens is 522 g/mol. The molecule has 4 heterocycles. The lowest BCUT2D eigenvalue weighted by atomic mass is 10.0. The Morgan fingerprint density at radius 3 is 2.35 bits per heavy atom. The molecular formula is C31H47N5O3S. The first kappa shape index (κ1) is 29.5. The smallest absolute Gasteiger partial charge is 0.255 e. The van der Waals surface area contributed by atoms with Crippen molar-refractivity contribution in [2.24, 2.45) is 0 Å². The van der Waals surface area contributed by atoms with Crippen LogP contribution in [-0.4, -0.2) is 108 Å². The summed E-state index contributed by atoms with van der Waals surface area (Å²) < 4.78 is 0. The highest BCUT2D eigenvalue weighted by Gasteiger charge is 2.39. The molecule has 1 aromatic rings. The Bertz CT molecular complexity index is 1040. The number of likely N-dealkylation sites (tertiary alicyclic amines) is 1. The second-order valence-corrected chi connectivity index (χ2v) is 13.3. The highest BCUT2D eigenvalue weighted by molar-refractivity contribution is 7.99. The van der Waals surface area contributed by atoms with Crippen molar-refractivity contribution in [1.82, 2.24) is 24.9 Å². The average molecular weight is 570 g/mol. The van der Waals surface area contributed by atoms with Gasteiger partial charge >= 0.3 is 0 Å². The summed E-state index contributed by atoms with van der Waals surface area (Å²) in [6.07, 6.45) is 11.2. The van der Waals surface area contributed by atoms with Gasteiger partial charge in [-0.15, -0.1) is 11.8 Å². The number of fused-ring (bicyclic) bond motifs is 1. The van der Waals surface area contributed by atoms with Crippen molar-refractivity contribution in [1.29, 1.82) is 0 Å². The normalized spacial score (nSPS) is 23.6. The van der Waals surface area contributed by atoms with Crippen LogP contribution in [0.3, 0.4) is 0 Å². The molecule has 4 aliphatic heterocycles. The van der Waals surface area contributed by atoms with Crippen LogP contribution in [0.2, 0.25) is 0 Å². The molecule has 5 rings (SSSR count). The largest absolute Gasteiger partial charge is 0.322 e. The first-order valence-electron chi connectivity index (χ1n) is 15.5. The molecule has 1 atom stereocenters. The van der Waals surface area contributed by atoms with E-state index in [4.69, 9.17) is 0 Å². The van der Waals surface area contributed by atoms with E-state index in [1.807, 2.05) is 23.9 Å². The van der Waals surface area contributed by atoms with Crippen LogP contribution in [0.1, 0.15) is 80.1 Å². The number of rotatable bonds is 12. The van der Waals surface area contributed by atoms with Crippen molar-refractivity contribution in [3.63, 3.8) is 0 Å². The van der Waals surface area contributed by atoms with Crippen LogP contribution in [0, 0.1) is 0 Å². The Kier molecular flexibility index (Phi) is 10.6. The summed E-state index contributed by atoms with van der Waals surface area (Å²) >= 11 is 1.86. The maximum Gasteiger partial charge on any atom is 0.255 e. The summed E-state index contributed by atoms with van der Waals surface area (Å²) in [6.45, 7) is 9.22. The maximum absolute atomic E-state index is 12.9. The van der Waals surface area contributed by atoms with Gasteiger partial charge in [-0.1, -0.05) is 25.7 Å². The van der Waals surface area contributed by atoms with Gasteiger partial charge < -0.3 is 14.7 Å². The lowest BCUT2D eigenvalue weighted by Crippen LogP contribution is -2.52. The fraction of sp³-hybridized carbons (Fsp3) is 0.710. The fourth-order valence-corrected chi connectivity index (χ4v) is 7.64. The number of imide groups is 1. The van der Waals surface area contributed by atoms with Gasteiger partial charge in [0.05, 0.1) is 0 Å². The van der Waals surface area contributed by atoms with E-state index in [-0.39, 0.29) is 24.1 Å². The number of thioether (sulfide) groups is 1. The molecule has 0 saturated carbocycles. The van der Waals surface area contributed by atoms with Crippen LogP contribution in [0.4, 0.5) is 0 Å². The number of nitrogens with one attached hydrogen (secondary N) is 1. The zero-order chi connectivity index (χ0) is 27.9. The Morgan fingerprint density at radius 2 is 1.60 bits per heavy atom. The lowest BCUT2D eigenvalue weighted by Gasteiger charge is -2.42. The predicted octanol–water partition coefficient (Wildman–Crippen LogP) is 3.59. The van der Waals surface area contributed by atoms with Crippen molar-refractivity contribution in [3.8, 4) is 0 Å². The first-order chi connectivity index (χ1) is 19.5. The minimum absolute atomic E-state index is 0.101. The summed E-state index contributed by atoms with van der Waals surface area (Å²) in [5.74, 6) is 0.382. The summed E-state index contributed by atoms with van der Waals surface area (Å²) in [5, 5.41) is 2.37. The molecule has 0 aromatic heterocycles. The molecule has 1 unspecified atom stereocenters. The van der Waals surface area contributed by atoms with Gasteiger partial charge in [-0.25, -0.2) is 0 Å². The molecule has 0 radical (unpaired) electrons. The molecule has 4 aliphatic rings. The second-order valence-electron chi connectivity index (χ2n) is 12.1. The van der Waals surface area contributed by atoms with E-state index in [0.29, 0.717) is 18.5 Å². The molecule has 3 saturated heterocycles. The number of nitrogens with zero attached hydrogens (tertiary/aromatic N) is 4. The fourth-order valence-electron chi connectivity index (χ4n) is 6.67. The van der Waals surface area contributed by atoms with E-state index >= 15 is 0 Å². The SMILES string of the molecule is CN1CCN(C2CCN(CCCCCCCCSc3ccc4c(c3)CN(C3CCC(=O)NC3=O)C4=O)CC2)CC1. The molecule has 0 spiro atoms. The molecule has 9 heteroatoms. The predicted molar refractivity (Wildman–Crippen MR) is 159 cm³/mol. The summed E-state index contributed by atoms with van der Waals surface area (Å²) in [7, 11) is 2.24. The highest BCUT2D eigenvalue weighted by Crippen LogP contribution is 2.31. The number of amides is 3. The first-order valence-corrected chi connectivity index (χ1v) is 16.5. The van der Waals surface area contributed by atoms with Crippen molar-refractivity contribution >= 4 is 29.5 Å². The minimum atomic E-state index is -0.548. The Hall–Kier alpha value is -1.94. The Labute approximate surface area is 244 Å². The van der Waals surface area contributed by atoms with Crippen LogP contribution in [0.15, 0.2) is 23.1 Å². The Morgan fingerprint density at radius 1 is 0.875 bits per heavy atom. The molecule has 8 nitrogen and oxygen atoms in total. The van der Waals surface area contributed by atoms with E-state index in [1.54, 1.807) is 4.90 Å². The number of unbranched alkanes of at least 4 members (excludes halogenated alkanes) is 5. The van der Waals surface area contributed by atoms with Crippen LogP contribution in [0.5, 0.6) is 0 Å². The van der Waals surface area contributed by atoms with Gasteiger partial charge in [0.1, 0.15) is 6.04 Å². The maximum atomic E-state index is 12.9. The number of piperidine rings is 2. The van der Waals surface area contributed by atoms with Gasteiger partial charge in [-0.2, -0.15) is 0 Å². The molecule has 1 aromatic carbocycles. The van der Waals surface area contributed by atoms with E-state index in [9.17, 15) is 14.4 Å². The van der Waals surface area contributed by atoms with Crippen LogP contribution >= 0.6 is 11.8 Å². The van der Waals surface area contributed by atoms with Crippen molar-refractivity contribution in [2.45, 2.75) is 87.7 Å². The summed E-state index contributed by atoms with van der Waals surface area (Å²) in [6, 6.07) is 6.31. The number of carbonyl (C=O) groups is 3. The molecule has 3 amide bonds. The van der Waals surface area contributed by atoms with Gasteiger partial charge in [0.2, 0.25) is 11.8 Å². The van der Waals surface area contributed by atoms with Gasteiger partial charge in [0.25, 0.3) is 5.91 Å². The van der Waals surface area contributed by atoms with Crippen molar-refractivity contribution in [2.75, 3.05) is 58.6 Å². The van der Waals surface area contributed by atoms with Gasteiger partial charge in [0.15, 0.2) is 0 Å². The standard InChI is InChI=1S/C31H47N5O3S/c1-33-17-19-35(20-18-33)25-12-15-34(16-13-25)14-6-4-2-3-5-7-21-40-26-8-9-27-24(22-26)23-36(31(27)39)28-10-11-29(37)32-30(28)38/h8-9,22,25,28H,2-7,10-21,23H2,1H3,(H,32,37,38). The third kappa shape index (κ3) is 7.66. The molecule has 0 aliphatic carbocycles. The average Bonchev–Trinajstić information content (AvgIpc) is 3.28. The number of benzene rings is 1. The Balaban J connectivity index is 0.905. The van der Waals surface area contributed by atoms with Crippen molar-refractivity contribution < 1.29 is 14.4 Å². The monoisotopic (exact) mass is 569 g/mol. The lowest BCUT2D eigenvalue weighted by molar-refractivity contribution is -0.136. The zero-order valence-corrected chi connectivity index (χ0v) is 25.1. The van der Waals surface area contributed by atoms with E-state index in [0.717, 1.165) is 17.4 Å². The number of likely N-dealkylation sites (N-methyl/N-ethyl adjacent to an activating group) is 1.